The van der Waals surface area contributed by atoms with Crippen molar-refractivity contribution in [3.8, 4) is 6.07 Å². The highest BCUT2D eigenvalue weighted by Gasteiger charge is 2.28. The van der Waals surface area contributed by atoms with Gasteiger partial charge >= 0.3 is 0 Å². The van der Waals surface area contributed by atoms with Crippen molar-refractivity contribution in [1.29, 1.82) is 5.26 Å². The van der Waals surface area contributed by atoms with Crippen LogP contribution in [0.15, 0.2) is 12.1 Å². The number of nitrogen functional groups attached to an aromatic ring is 1. The number of nitriles is 1. The molecule has 0 atom stereocenters. The summed E-state index contributed by atoms with van der Waals surface area (Å²) in [7, 11) is 3.50. The van der Waals surface area contributed by atoms with Gasteiger partial charge in [-0.1, -0.05) is 0 Å². The number of hydrogen-bond acceptors (Lipinski definition) is 5. The third-order valence-corrected chi connectivity index (χ3v) is 3.69. The maximum atomic E-state index is 11.7. The lowest BCUT2D eigenvalue weighted by Crippen LogP contribution is -2.35. The molecule has 0 spiro atoms. The van der Waals surface area contributed by atoms with Gasteiger partial charge in [0, 0.05) is 27.1 Å². The van der Waals surface area contributed by atoms with Gasteiger partial charge in [-0.2, -0.15) is 5.26 Å². The van der Waals surface area contributed by atoms with Gasteiger partial charge in [0.1, 0.15) is 11.6 Å². The molecule has 20 heavy (non-hydrogen) atoms. The van der Waals surface area contributed by atoms with Crippen molar-refractivity contribution in [2.24, 2.45) is 7.05 Å². The highest BCUT2D eigenvalue weighted by molar-refractivity contribution is 5.96. The Labute approximate surface area is 115 Å². The van der Waals surface area contributed by atoms with Crippen LogP contribution in [0.3, 0.4) is 0 Å². The van der Waals surface area contributed by atoms with Gasteiger partial charge in [-0.25, -0.2) is 4.98 Å². The monoisotopic (exact) mass is 270 g/mol. The van der Waals surface area contributed by atoms with E-state index in [1.165, 1.54) is 0 Å². The molecule has 1 aliphatic heterocycles. The molecule has 7 nitrogen and oxygen atoms in total. The summed E-state index contributed by atoms with van der Waals surface area (Å²) in [5.41, 5.74) is 8.49. The summed E-state index contributed by atoms with van der Waals surface area (Å²) >= 11 is 0. The molecule has 2 heterocycles. The van der Waals surface area contributed by atoms with Crippen molar-refractivity contribution >= 4 is 28.6 Å². The van der Waals surface area contributed by atoms with Crippen LogP contribution in [-0.2, 0) is 11.8 Å². The third-order valence-electron chi connectivity index (χ3n) is 3.69. The van der Waals surface area contributed by atoms with Gasteiger partial charge in [0.25, 0.3) is 0 Å². The minimum absolute atomic E-state index is 0.0615. The van der Waals surface area contributed by atoms with Crippen LogP contribution >= 0.6 is 0 Å². The standard InChI is InChI=1S/C13H14N6O/c1-17-12-8(7-14)3-4-9(11(12)16-13(17)15)19-6-5-10(20)18(19)2/h3-4H,5-6H2,1-2H3,(H2,15,16). The van der Waals surface area contributed by atoms with Gasteiger partial charge in [-0.3, -0.25) is 14.8 Å². The van der Waals surface area contributed by atoms with Crippen LogP contribution in [0.4, 0.5) is 11.6 Å². The summed E-state index contributed by atoms with van der Waals surface area (Å²) in [6.07, 6.45) is 0.473. The lowest BCUT2D eigenvalue weighted by Gasteiger charge is -2.26. The first-order chi connectivity index (χ1) is 9.54. The van der Waals surface area contributed by atoms with E-state index in [-0.39, 0.29) is 5.91 Å². The average molecular weight is 270 g/mol. The number of benzene rings is 1. The Morgan fingerprint density at radius 2 is 2.15 bits per heavy atom. The van der Waals surface area contributed by atoms with Crippen molar-refractivity contribution < 1.29 is 4.79 Å². The molecule has 3 rings (SSSR count). The van der Waals surface area contributed by atoms with E-state index in [0.717, 1.165) is 5.69 Å². The second-order valence-corrected chi connectivity index (χ2v) is 4.76. The summed E-state index contributed by atoms with van der Waals surface area (Å²) in [5.74, 6) is 0.406. The SMILES string of the molecule is CN1C(=O)CCN1c1ccc(C#N)c2c1nc(N)n2C. The molecule has 0 aliphatic carbocycles. The number of carbonyl (C=O) groups excluding carboxylic acids is 1. The number of aromatic nitrogens is 2. The number of nitrogens with zero attached hydrogens (tertiary/aromatic N) is 5. The molecule has 0 saturated carbocycles. The largest absolute Gasteiger partial charge is 0.369 e. The molecule has 1 aromatic carbocycles. The minimum atomic E-state index is 0.0615. The van der Waals surface area contributed by atoms with E-state index in [2.05, 4.69) is 11.1 Å². The molecule has 1 aliphatic rings. The maximum Gasteiger partial charge on any atom is 0.242 e. The Morgan fingerprint density at radius 3 is 2.75 bits per heavy atom. The second kappa shape index (κ2) is 4.13. The molecular formula is C13H14N6O. The fourth-order valence-electron chi connectivity index (χ4n) is 2.55. The molecular weight excluding hydrogens is 256 g/mol. The second-order valence-electron chi connectivity index (χ2n) is 4.76. The van der Waals surface area contributed by atoms with Crippen LogP contribution in [0, 0.1) is 11.3 Å². The molecule has 1 amide bonds. The fraction of sp³-hybridized carbons (Fsp3) is 0.308. The van der Waals surface area contributed by atoms with Crippen molar-refractivity contribution in [2.75, 3.05) is 24.3 Å². The number of nitrogens with two attached hydrogens (primary N) is 1. The first kappa shape index (κ1) is 12.3. The molecule has 2 N–H and O–H groups in total. The Kier molecular flexibility index (Phi) is 2.54. The van der Waals surface area contributed by atoms with E-state index in [1.807, 2.05) is 11.1 Å². The quantitative estimate of drug-likeness (QED) is 0.819. The first-order valence-corrected chi connectivity index (χ1v) is 6.23. The zero-order valence-corrected chi connectivity index (χ0v) is 11.3. The zero-order chi connectivity index (χ0) is 14.4. The Bertz CT molecular complexity index is 756. The van der Waals surface area contributed by atoms with Gasteiger partial charge < -0.3 is 10.3 Å². The van der Waals surface area contributed by atoms with E-state index in [9.17, 15) is 10.1 Å². The van der Waals surface area contributed by atoms with E-state index in [4.69, 9.17) is 5.73 Å². The number of hydrogen-bond donors (Lipinski definition) is 1. The van der Waals surface area contributed by atoms with Gasteiger partial charge in [-0.15, -0.1) is 0 Å². The Morgan fingerprint density at radius 1 is 1.40 bits per heavy atom. The summed E-state index contributed by atoms with van der Waals surface area (Å²) in [6.45, 7) is 0.604. The van der Waals surface area contributed by atoms with Crippen LogP contribution in [0.1, 0.15) is 12.0 Å². The average Bonchev–Trinajstić information content (AvgIpc) is 2.92. The van der Waals surface area contributed by atoms with Crippen LogP contribution in [0.2, 0.25) is 0 Å². The van der Waals surface area contributed by atoms with E-state index in [1.54, 1.807) is 29.7 Å². The molecule has 1 saturated heterocycles. The van der Waals surface area contributed by atoms with Crippen molar-refractivity contribution in [2.45, 2.75) is 6.42 Å². The summed E-state index contributed by atoms with van der Waals surface area (Å²) in [4.78, 5) is 16.0. The Hall–Kier alpha value is -2.75. The zero-order valence-electron chi connectivity index (χ0n) is 11.3. The van der Waals surface area contributed by atoms with E-state index in [0.29, 0.717) is 35.5 Å². The third kappa shape index (κ3) is 1.51. The number of carbonyl (C=O) groups is 1. The number of imidazole rings is 1. The molecule has 0 unspecified atom stereocenters. The number of amides is 1. The molecule has 0 radical (unpaired) electrons. The van der Waals surface area contributed by atoms with E-state index < -0.39 is 0 Å². The number of aryl methyl sites for hydroxylation is 1. The van der Waals surface area contributed by atoms with Crippen molar-refractivity contribution in [3.63, 3.8) is 0 Å². The highest BCUT2D eigenvalue weighted by Crippen LogP contribution is 2.32. The van der Waals surface area contributed by atoms with Gasteiger partial charge in [0.2, 0.25) is 11.9 Å². The molecule has 1 aromatic heterocycles. The van der Waals surface area contributed by atoms with Crippen molar-refractivity contribution in [3.05, 3.63) is 17.7 Å². The van der Waals surface area contributed by atoms with Crippen LogP contribution < -0.4 is 10.7 Å². The van der Waals surface area contributed by atoms with Gasteiger partial charge in [0.15, 0.2) is 0 Å². The van der Waals surface area contributed by atoms with Crippen LogP contribution in [0.25, 0.3) is 11.0 Å². The van der Waals surface area contributed by atoms with E-state index >= 15 is 0 Å². The number of anilines is 2. The predicted octanol–water partition coefficient (Wildman–Crippen LogP) is 0.611. The van der Waals surface area contributed by atoms with Crippen LogP contribution in [-0.4, -0.2) is 34.1 Å². The molecule has 1 fully saturated rings. The summed E-state index contributed by atoms with van der Waals surface area (Å²) < 4.78 is 1.69. The maximum absolute atomic E-state index is 11.7. The number of hydrazine groups is 1. The number of fused-ring (bicyclic) bond motifs is 1. The molecule has 0 bridgehead atoms. The smallest absolute Gasteiger partial charge is 0.242 e. The van der Waals surface area contributed by atoms with Gasteiger partial charge in [-0.05, 0) is 12.1 Å². The minimum Gasteiger partial charge on any atom is -0.369 e. The van der Waals surface area contributed by atoms with Gasteiger partial charge in [0.05, 0.1) is 16.8 Å². The molecule has 7 heteroatoms. The normalized spacial score (nSPS) is 15.2. The topological polar surface area (TPSA) is 91.2 Å². The predicted molar refractivity (Wildman–Crippen MR) is 74.6 cm³/mol. The lowest BCUT2D eigenvalue weighted by molar-refractivity contribution is -0.126. The molecule has 102 valence electrons. The fourth-order valence-corrected chi connectivity index (χ4v) is 2.55. The van der Waals surface area contributed by atoms with Crippen LogP contribution in [0.5, 0.6) is 0 Å². The lowest BCUT2D eigenvalue weighted by atomic mass is 10.1. The molecule has 2 aromatic rings. The van der Waals surface area contributed by atoms with Crippen molar-refractivity contribution in [1.82, 2.24) is 14.6 Å². The first-order valence-electron chi connectivity index (χ1n) is 6.23. The summed E-state index contributed by atoms with van der Waals surface area (Å²) in [5, 5.41) is 12.6. The Balaban J connectivity index is 2.26. The summed E-state index contributed by atoms with van der Waals surface area (Å²) in [6, 6.07) is 5.69. The number of rotatable bonds is 1. The highest BCUT2D eigenvalue weighted by atomic mass is 16.2.